The number of thiazole rings is 1. The van der Waals surface area contributed by atoms with Crippen molar-refractivity contribution < 1.29 is 18.0 Å². The Labute approximate surface area is 128 Å². The molecule has 2 heterocycles. The van der Waals surface area contributed by atoms with Crippen LogP contribution in [0.15, 0.2) is 47.4 Å². The molecule has 1 N–H and O–H groups in total. The first-order valence-corrected chi connectivity index (χ1v) is 7.15. The third kappa shape index (κ3) is 3.20. The number of halogens is 2. The number of carbonyl (C=O) groups is 1. The van der Waals surface area contributed by atoms with E-state index in [1.54, 1.807) is 12.3 Å². The van der Waals surface area contributed by atoms with Gasteiger partial charge in [-0.3, -0.25) is 10.1 Å². The van der Waals surface area contributed by atoms with Crippen LogP contribution in [0, 0.1) is 11.6 Å². The van der Waals surface area contributed by atoms with Gasteiger partial charge in [-0.2, -0.15) is 0 Å². The molecule has 0 saturated heterocycles. The molecule has 3 aromatic rings. The van der Waals surface area contributed by atoms with E-state index in [2.05, 4.69) is 10.3 Å². The van der Waals surface area contributed by atoms with Crippen molar-refractivity contribution in [3.63, 3.8) is 0 Å². The fourth-order valence-electron chi connectivity index (χ4n) is 1.86. The Morgan fingerprint density at radius 3 is 2.86 bits per heavy atom. The van der Waals surface area contributed by atoms with Crippen LogP contribution in [0.25, 0.3) is 0 Å². The van der Waals surface area contributed by atoms with E-state index >= 15 is 0 Å². The van der Waals surface area contributed by atoms with Crippen LogP contribution in [0.5, 0.6) is 0 Å². The van der Waals surface area contributed by atoms with Gasteiger partial charge in [0.2, 0.25) is 0 Å². The van der Waals surface area contributed by atoms with Gasteiger partial charge in [0.1, 0.15) is 6.26 Å². The number of aromatic nitrogens is 1. The SMILES string of the molecule is O=C(Nc1ncc(Cc2ccc(F)c(F)c2)s1)c1ccoc1. The lowest BCUT2D eigenvalue weighted by Crippen LogP contribution is -2.10. The lowest BCUT2D eigenvalue weighted by molar-refractivity contribution is 0.102. The zero-order valence-electron chi connectivity index (χ0n) is 11.2. The van der Waals surface area contributed by atoms with Crippen LogP contribution in [-0.4, -0.2) is 10.9 Å². The predicted octanol–water partition coefficient (Wildman–Crippen LogP) is 3.86. The van der Waals surface area contributed by atoms with Gasteiger partial charge in [0.25, 0.3) is 5.91 Å². The number of hydrogen-bond donors (Lipinski definition) is 1. The molecule has 0 aliphatic carbocycles. The Kier molecular flexibility index (Phi) is 3.97. The van der Waals surface area contributed by atoms with Gasteiger partial charge in [0.15, 0.2) is 16.8 Å². The lowest BCUT2D eigenvalue weighted by Gasteiger charge is -1.99. The maximum Gasteiger partial charge on any atom is 0.260 e. The van der Waals surface area contributed by atoms with Gasteiger partial charge in [0, 0.05) is 17.5 Å². The first kappa shape index (κ1) is 14.4. The van der Waals surface area contributed by atoms with Crippen LogP contribution in [0.2, 0.25) is 0 Å². The summed E-state index contributed by atoms with van der Waals surface area (Å²) in [6, 6.07) is 5.30. The molecule has 1 aromatic carbocycles. The first-order valence-electron chi connectivity index (χ1n) is 6.34. The van der Waals surface area contributed by atoms with Crippen LogP contribution in [0.1, 0.15) is 20.8 Å². The number of nitrogens with zero attached hydrogens (tertiary/aromatic N) is 1. The van der Waals surface area contributed by atoms with Crippen LogP contribution < -0.4 is 5.32 Å². The minimum absolute atomic E-state index is 0.317. The quantitative estimate of drug-likeness (QED) is 0.794. The minimum atomic E-state index is -0.879. The molecule has 22 heavy (non-hydrogen) atoms. The summed E-state index contributed by atoms with van der Waals surface area (Å²) in [5.74, 6) is -2.07. The average Bonchev–Trinajstić information content (AvgIpc) is 3.15. The number of anilines is 1. The maximum atomic E-state index is 13.2. The zero-order chi connectivity index (χ0) is 15.5. The molecule has 0 bridgehead atoms. The summed E-state index contributed by atoms with van der Waals surface area (Å²) in [4.78, 5) is 16.7. The Balaban J connectivity index is 1.68. The molecule has 112 valence electrons. The molecule has 0 atom stereocenters. The molecule has 7 heteroatoms. The Morgan fingerprint density at radius 2 is 2.14 bits per heavy atom. The van der Waals surface area contributed by atoms with E-state index in [0.29, 0.717) is 22.7 Å². The van der Waals surface area contributed by atoms with E-state index in [-0.39, 0.29) is 5.91 Å². The Hall–Kier alpha value is -2.54. The molecule has 0 fully saturated rings. The van der Waals surface area contributed by atoms with Crippen molar-refractivity contribution >= 4 is 22.4 Å². The summed E-state index contributed by atoms with van der Waals surface area (Å²) in [5, 5.41) is 3.08. The molecule has 2 aromatic heterocycles. The molecule has 0 unspecified atom stereocenters. The van der Waals surface area contributed by atoms with Crippen LogP contribution in [0.4, 0.5) is 13.9 Å². The van der Waals surface area contributed by atoms with Crippen LogP contribution in [0.3, 0.4) is 0 Å². The van der Waals surface area contributed by atoms with Crippen molar-refractivity contribution in [1.29, 1.82) is 0 Å². The number of benzene rings is 1. The van der Waals surface area contributed by atoms with Crippen molar-refractivity contribution in [2.24, 2.45) is 0 Å². The van der Waals surface area contributed by atoms with Gasteiger partial charge in [-0.25, -0.2) is 13.8 Å². The standard InChI is InChI=1S/C15H10F2N2O2S/c16-12-2-1-9(6-13(12)17)5-11-7-18-15(22-11)19-14(20)10-3-4-21-8-10/h1-4,6-8H,5H2,(H,18,19,20). The second-order valence-corrected chi connectivity index (χ2v) is 5.64. The number of rotatable bonds is 4. The molecular formula is C15H10F2N2O2S. The van der Waals surface area contributed by atoms with Crippen molar-refractivity contribution in [3.8, 4) is 0 Å². The van der Waals surface area contributed by atoms with Gasteiger partial charge in [-0.1, -0.05) is 6.07 Å². The van der Waals surface area contributed by atoms with Gasteiger partial charge >= 0.3 is 0 Å². The third-order valence-corrected chi connectivity index (χ3v) is 3.83. The van der Waals surface area contributed by atoms with Crippen LogP contribution >= 0.6 is 11.3 Å². The van der Waals surface area contributed by atoms with E-state index in [9.17, 15) is 13.6 Å². The topological polar surface area (TPSA) is 55.1 Å². The second-order valence-electron chi connectivity index (χ2n) is 4.52. The van der Waals surface area contributed by atoms with Crippen molar-refractivity contribution in [1.82, 2.24) is 4.98 Å². The number of furan rings is 1. The van der Waals surface area contributed by atoms with E-state index < -0.39 is 11.6 Å². The summed E-state index contributed by atoms with van der Waals surface area (Å²) in [5.41, 5.74) is 1.03. The van der Waals surface area contributed by atoms with Gasteiger partial charge in [-0.05, 0) is 23.8 Å². The average molecular weight is 320 g/mol. The summed E-state index contributed by atoms with van der Waals surface area (Å²) >= 11 is 1.27. The van der Waals surface area contributed by atoms with E-state index in [1.165, 1.54) is 29.9 Å². The predicted molar refractivity (Wildman–Crippen MR) is 77.9 cm³/mol. The van der Waals surface area contributed by atoms with Gasteiger partial charge < -0.3 is 4.42 Å². The van der Waals surface area contributed by atoms with Crippen molar-refractivity contribution in [2.75, 3.05) is 5.32 Å². The molecule has 3 rings (SSSR count). The van der Waals surface area contributed by atoms with E-state index in [1.807, 2.05) is 0 Å². The molecule has 0 spiro atoms. The number of amides is 1. The smallest absolute Gasteiger partial charge is 0.260 e. The number of hydrogen-bond acceptors (Lipinski definition) is 4. The highest BCUT2D eigenvalue weighted by Crippen LogP contribution is 2.22. The van der Waals surface area contributed by atoms with Gasteiger partial charge in [-0.15, -0.1) is 11.3 Å². The molecule has 1 amide bonds. The van der Waals surface area contributed by atoms with Crippen molar-refractivity contribution in [2.45, 2.75) is 6.42 Å². The summed E-state index contributed by atoms with van der Waals surface area (Å²) in [6.07, 6.45) is 4.75. The van der Waals surface area contributed by atoms with Crippen LogP contribution in [-0.2, 0) is 6.42 Å². The normalized spacial score (nSPS) is 10.6. The summed E-state index contributed by atoms with van der Waals surface area (Å²) in [7, 11) is 0. The molecule has 0 aliphatic rings. The fourth-order valence-corrected chi connectivity index (χ4v) is 2.70. The molecule has 0 radical (unpaired) electrons. The zero-order valence-corrected chi connectivity index (χ0v) is 12.0. The summed E-state index contributed by atoms with van der Waals surface area (Å²) in [6.45, 7) is 0. The highest BCUT2D eigenvalue weighted by molar-refractivity contribution is 7.15. The second kappa shape index (κ2) is 6.07. The van der Waals surface area contributed by atoms with E-state index in [4.69, 9.17) is 4.42 Å². The number of carbonyl (C=O) groups excluding carboxylic acids is 1. The number of nitrogens with one attached hydrogen (secondary N) is 1. The molecule has 4 nitrogen and oxygen atoms in total. The highest BCUT2D eigenvalue weighted by Gasteiger charge is 2.11. The van der Waals surface area contributed by atoms with Crippen molar-refractivity contribution in [3.05, 3.63) is 70.6 Å². The maximum absolute atomic E-state index is 13.2. The Morgan fingerprint density at radius 1 is 1.27 bits per heavy atom. The highest BCUT2D eigenvalue weighted by atomic mass is 32.1. The fraction of sp³-hybridized carbons (Fsp3) is 0.0667. The Bertz CT molecular complexity index is 800. The molecular weight excluding hydrogens is 310 g/mol. The molecule has 0 aliphatic heterocycles. The first-order chi connectivity index (χ1) is 10.6. The monoisotopic (exact) mass is 320 g/mol. The molecule has 0 saturated carbocycles. The largest absolute Gasteiger partial charge is 0.472 e. The third-order valence-electron chi connectivity index (χ3n) is 2.92. The van der Waals surface area contributed by atoms with Gasteiger partial charge in [0.05, 0.1) is 11.8 Å². The lowest BCUT2D eigenvalue weighted by atomic mass is 10.1. The summed E-state index contributed by atoms with van der Waals surface area (Å²) < 4.78 is 30.9. The minimum Gasteiger partial charge on any atom is -0.472 e. The van der Waals surface area contributed by atoms with E-state index in [0.717, 1.165) is 17.0 Å².